The molecule has 1 amide bonds. The Morgan fingerprint density at radius 1 is 1.20 bits per heavy atom. The van der Waals surface area contributed by atoms with Crippen molar-refractivity contribution in [1.82, 2.24) is 5.01 Å². The van der Waals surface area contributed by atoms with Crippen molar-refractivity contribution in [3.63, 3.8) is 0 Å². The molecule has 3 aliphatic heterocycles. The fourth-order valence-corrected chi connectivity index (χ4v) is 5.68. The highest BCUT2D eigenvalue weighted by Gasteiger charge is 2.62. The number of terminal acetylenes is 1. The molecule has 5 rings (SSSR count). The molecule has 2 aromatic carbocycles. The summed E-state index contributed by atoms with van der Waals surface area (Å²) in [5.74, 6) is 3.34. The first kappa shape index (κ1) is 19.0. The zero-order chi connectivity index (χ0) is 20.7. The van der Waals surface area contributed by atoms with Gasteiger partial charge in [-0.3, -0.25) is 4.79 Å². The first-order valence-corrected chi connectivity index (χ1v) is 11.3. The van der Waals surface area contributed by atoms with Gasteiger partial charge in [0.2, 0.25) is 5.91 Å². The molecule has 5 nitrogen and oxygen atoms in total. The number of amides is 1. The molecule has 0 N–H and O–H groups in total. The van der Waals surface area contributed by atoms with E-state index in [2.05, 4.69) is 64.5 Å². The maximum Gasteiger partial charge on any atom is 0.248 e. The highest BCUT2D eigenvalue weighted by atomic mass is 32.2. The zero-order valence-corrected chi connectivity index (χ0v) is 17.6. The Morgan fingerprint density at radius 3 is 2.73 bits per heavy atom. The molecule has 0 aliphatic carbocycles. The number of anilines is 1. The van der Waals surface area contributed by atoms with Gasteiger partial charge in [0, 0.05) is 25.1 Å². The van der Waals surface area contributed by atoms with Gasteiger partial charge in [-0.05, 0) is 23.4 Å². The number of hydrazone groups is 1. The number of hydrogen-bond acceptors (Lipinski definition) is 5. The maximum atomic E-state index is 12.7. The van der Waals surface area contributed by atoms with Crippen molar-refractivity contribution in [2.45, 2.75) is 30.8 Å². The van der Waals surface area contributed by atoms with Gasteiger partial charge in [0.1, 0.15) is 10.9 Å². The molecular formula is C24H22N4OS. The molecule has 3 heterocycles. The van der Waals surface area contributed by atoms with Crippen molar-refractivity contribution in [3.8, 4) is 12.3 Å². The second-order valence-corrected chi connectivity index (χ2v) is 8.56. The summed E-state index contributed by atoms with van der Waals surface area (Å²) < 4.78 is 0. The van der Waals surface area contributed by atoms with Crippen LogP contribution < -0.4 is 4.90 Å². The van der Waals surface area contributed by atoms with Crippen LogP contribution in [0.25, 0.3) is 0 Å². The minimum absolute atomic E-state index is 0.0580. The van der Waals surface area contributed by atoms with E-state index >= 15 is 0 Å². The van der Waals surface area contributed by atoms with Gasteiger partial charge in [-0.25, -0.2) is 5.01 Å². The predicted octanol–water partition coefficient (Wildman–Crippen LogP) is 3.66. The molecule has 3 aliphatic rings. The third kappa shape index (κ3) is 2.69. The van der Waals surface area contributed by atoms with E-state index in [1.165, 1.54) is 5.56 Å². The summed E-state index contributed by atoms with van der Waals surface area (Å²) in [5, 5.41) is 7.78. The van der Waals surface area contributed by atoms with Crippen molar-refractivity contribution in [1.29, 1.82) is 0 Å². The van der Waals surface area contributed by atoms with Crippen molar-refractivity contribution >= 4 is 34.2 Å². The largest absolute Gasteiger partial charge is 0.356 e. The average molecular weight is 415 g/mol. The summed E-state index contributed by atoms with van der Waals surface area (Å²) in [7, 11) is 0. The third-order valence-corrected chi connectivity index (χ3v) is 6.83. The monoisotopic (exact) mass is 414 g/mol. The van der Waals surface area contributed by atoms with Crippen molar-refractivity contribution in [2.75, 3.05) is 17.7 Å². The molecule has 6 heteroatoms. The van der Waals surface area contributed by atoms with Gasteiger partial charge in [-0.15, -0.1) is 24.1 Å². The van der Waals surface area contributed by atoms with Crippen LogP contribution >= 0.6 is 11.8 Å². The van der Waals surface area contributed by atoms with E-state index in [0.717, 1.165) is 28.7 Å². The fraction of sp³-hybridized carbons (Fsp3) is 0.292. The molecule has 0 saturated carbocycles. The lowest BCUT2D eigenvalue weighted by Gasteiger charge is -2.43. The quantitative estimate of drug-likeness (QED) is 0.717. The van der Waals surface area contributed by atoms with Crippen LogP contribution in [0.5, 0.6) is 0 Å². The Labute approximate surface area is 180 Å². The molecule has 0 bridgehead atoms. The van der Waals surface area contributed by atoms with Gasteiger partial charge < -0.3 is 4.90 Å². The van der Waals surface area contributed by atoms with Crippen molar-refractivity contribution < 1.29 is 4.79 Å². The second-order valence-electron chi connectivity index (χ2n) is 7.73. The Balaban J connectivity index is 1.70. The maximum absolute atomic E-state index is 12.7. The molecular weight excluding hydrogens is 392 g/mol. The minimum Gasteiger partial charge on any atom is -0.356 e. The average Bonchev–Trinajstić information content (AvgIpc) is 3.26. The standard InChI is InChI=1S/C24H22N4OS/c1-3-4-14-28-23-24(15-20(29)25-23)18-12-8-9-13-19(18)27(21(24)22(26-28)30-2)16-17-10-6-5-7-11-17/h1,5-13,21H,4,14-16H2,2H3/t21?,24-/m0/s1. The molecule has 2 aromatic rings. The number of carbonyl (C=O) groups is 1. The van der Waals surface area contributed by atoms with Gasteiger partial charge >= 0.3 is 0 Å². The SMILES string of the molecule is C#CCCN1N=C(SC)C2N(Cc3ccccc3)c3ccccc3[C@@]23CC(=O)N=C13. The molecule has 150 valence electrons. The lowest BCUT2D eigenvalue weighted by molar-refractivity contribution is -0.117. The molecule has 1 spiro atoms. The normalized spacial score (nSPS) is 24.0. The number of fused-ring (bicyclic) bond motifs is 1. The first-order valence-electron chi connectivity index (χ1n) is 10.0. The topological polar surface area (TPSA) is 48.3 Å². The van der Waals surface area contributed by atoms with Crippen LogP contribution in [-0.2, 0) is 16.8 Å². The lowest BCUT2D eigenvalue weighted by Crippen LogP contribution is -2.59. The number of benzene rings is 2. The van der Waals surface area contributed by atoms with Crippen LogP contribution in [0.15, 0.2) is 64.7 Å². The Morgan fingerprint density at radius 2 is 1.97 bits per heavy atom. The fourth-order valence-electron chi connectivity index (χ4n) is 4.95. The van der Waals surface area contributed by atoms with Crippen molar-refractivity contribution in [3.05, 3.63) is 65.7 Å². The van der Waals surface area contributed by atoms with E-state index in [0.29, 0.717) is 19.4 Å². The van der Waals surface area contributed by atoms with Gasteiger partial charge in [0.15, 0.2) is 0 Å². The van der Waals surface area contributed by atoms with Crippen LogP contribution in [0.4, 0.5) is 5.69 Å². The Bertz CT molecular complexity index is 1100. The molecule has 0 radical (unpaired) electrons. The van der Waals surface area contributed by atoms with Crippen LogP contribution in [0.3, 0.4) is 0 Å². The molecule has 2 atom stereocenters. The zero-order valence-electron chi connectivity index (χ0n) is 16.8. The van der Waals surface area contributed by atoms with Crippen LogP contribution in [-0.4, -0.2) is 40.6 Å². The molecule has 1 unspecified atom stereocenters. The Kier molecular flexibility index (Phi) is 4.63. The molecule has 0 saturated heterocycles. The number of aliphatic imine (C=N–C) groups is 1. The first-order chi connectivity index (χ1) is 14.7. The smallest absolute Gasteiger partial charge is 0.248 e. The number of thioether (sulfide) groups is 1. The van der Waals surface area contributed by atoms with Gasteiger partial charge in [-0.1, -0.05) is 48.5 Å². The highest BCUT2D eigenvalue weighted by Crippen LogP contribution is 2.54. The number of para-hydroxylation sites is 1. The van der Waals surface area contributed by atoms with Crippen LogP contribution in [0, 0.1) is 12.3 Å². The lowest BCUT2D eigenvalue weighted by atomic mass is 9.73. The van der Waals surface area contributed by atoms with Gasteiger partial charge in [0.25, 0.3) is 0 Å². The van der Waals surface area contributed by atoms with E-state index < -0.39 is 5.41 Å². The summed E-state index contributed by atoms with van der Waals surface area (Å²) in [5.41, 5.74) is 3.01. The Hall–Kier alpha value is -3.04. The van der Waals surface area contributed by atoms with E-state index in [1.54, 1.807) is 11.8 Å². The van der Waals surface area contributed by atoms with E-state index in [9.17, 15) is 4.79 Å². The summed E-state index contributed by atoms with van der Waals surface area (Å²) in [6.45, 7) is 1.30. The van der Waals surface area contributed by atoms with E-state index in [-0.39, 0.29) is 11.9 Å². The number of rotatable bonds is 4. The van der Waals surface area contributed by atoms with E-state index in [1.807, 2.05) is 17.1 Å². The van der Waals surface area contributed by atoms with Gasteiger partial charge in [-0.2, -0.15) is 10.1 Å². The van der Waals surface area contributed by atoms with Crippen molar-refractivity contribution in [2.24, 2.45) is 10.1 Å². The summed E-state index contributed by atoms with van der Waals surface area (Å²) >= 11 is 1.64. The number of carbonyl (C=O) groups excluding carboxylic acids is 1. The number of nitrogens with zero attached hydrogens (tertiary/aromatic N) is 4. The molecule has 0 fully saturated rings. The molecule has 30 heavy (non-hydrogen) atoms. The number of amidine groups is 1. The second kappa shape index (κ2) is 7.33. The predicted molar refractivity (Wildman–Crippen MR) is 123 cm³/mol. The van der Waals surface area contributed by atoms with Crippen LogP contribution in [0.2, 0.25) is 0 Å². The molecule has 0 aromatic heterocycles. The summed E-state index contributed by atoms with van der Waals surface area (Å²) in [4.78, 5) is 19.6. The third-order valence-electron chi connectivity index (χ3n) is 6.10. The number of hydrogen-bond donors (Lipinski definition) is 0. The van der Waals surface area contributed by atoms with Crippen LogP contribution in [0.1, 0.15) is 24.0 Å². The highest BCUT2D eigenvalue weighted by molar-refractivity contribution is 8.13. The summed E-state index contributed by atoms with van der Waals surface area (Å²) in [6.07, 6.45) is 8.48. The minimum atomic E-state index is -0.517. The van der Waals surface area contributed by atoms with Gasteiger partial charge in [0.05, 0.1) is 18.0 Å². The van der Waals surface area contributed by atoms with E-state index in [4.69, 9.17) is 11.5 Å². The summed E-state index contributed by atoms with van der Waals surface area (Å²) in [6, 6.07) is 18.8.